The van der Waals surface area contributed by atoms with Crippen molar-refractivity contribution in [3.63, 3.8) is 0 Å². The molecule has 1 aliphatic heterocycles. The van der Waals surface area contributed by atoms with Gasteiger partial charge in [0.15, 0.2) is 5.75 Å². The van der Waals surface area contributed by atoms with Crippen molar-refractivity contribution < 1.29 is 18.7 Å². The molecule has 7 heteroatoms. The number of hydrogen-bond acceptors (Lipinski definition) is 5. The lowest BCUT2D eigenvalue weighted by Gasteiger charge is -2.30. The van der Waals surface area contributed by atoms with Crippen molar-refractivity contribution in [3.8, 4) is 11.6 Å². The standard InChI is InChI=1S/C17H16ClFN2O3/c18-15-3-2-13(19)7-16(15)24-17-4-1-12(8-20-17)9-21-5-6-23-14(10-21)11-22/h1-4,7-8,11,14H,5-6,9-10H2. The Hall–Kier alpha value is -2.02. The molecular formula is C17H16ClFN2O3. The average molecular weight is 351 g/mol. The van der Waals surface area contributed by atoms with Gasteiger partial charge in [-0.15, -0.1) is 0 Å². The molecule has 126 valence electrons. The Morgan fingerprint density at radius 1 is 1.42 bits per heavy atom. The highest BCUT2D eigenvalue weighted by atomic mass is 35.5. The monoisotopic (exact) mass is 350 g/mol. The number of morpholine rings is 1. The van der Waals surface area contributed by atoms with Crippen molar-refractivity contribution in [3.05, 3.63) is 52.9 Å². The van der Waals surface area contributed by atoms with Crippen LogP contribution in [0, 0.1) is 5.82 Å². The maximum absolute atomic E-state index is 13.2. The lowest BCUT2D eigenvalue weighted by Crippen LogP contribution is -2.42. The summed E-state index contributed by atoms with van der Waals surface area (Å²) in [6.45, 7) is 2.54. The first-order valence-corrected chi connectivity index (χ1v) is 7.89. The van der Waals surface area contributed by atoms with Crippen molar-refractivity contribution in [2.45, 2.75) is 12.6 Å². The van der Waals surface area contributed by atoms with Gasteiger partial charge in [0.05, 0.1) is 11.6 Å². The third kappa shape index (κ3) is 4.29. The van der Waals surface area contributed by atoms with Gasteiger partial charge in [-0.1, -0.05) is 17.7 Å². The van der Waals surface area contributed by atoms with Crippen molar-refractivity contribution in [2.24, 2.45) is 0 Å². The first kappa shape index (κ1) is 16.8. The number of halogens is 2. The van der Waals surface area contributed by atoms with E-state index in [9.17, 15) is 9.18 Å². The Kier molecular flexibility index (Phi) is 5.40. The minimum Gasteiger partial charge on any atom is -0.437 e. The molecule has 0 radical (unpaired) electrons. The lowest BCUT2D eigenvalue weighted by atomic mass is 10.2. The van der Waals surface area contributed by atoms with Crippen LogP contribution in [0.1, 0.15) is 5.56 Å². The largest absolute Gasteiger partial charge is 0.437 e. The van der Waals surface area contributed by atoms with Crippen LogP contribution in [0.15, 0.2) is 36.5 Å². The first-order valence-electron chi connectivity index (χ1n) is 7.51. The van der Waals surface area contributed by atoms with E-state index in [1.165, 1.54) is 18.2 Å². The van der Waals surface area contributed by atoms with Gasteiger partial charge in [-0.05, 0) is 17.7 Å². The minimum atomic E-state index is -0.428. The highest BCUT2D eigenvalue weighted by Crippen LogP contribution is 2.29. The smallest absolute Gasteiger partial charge is 0.219 e. The molecule has 1 fully saturated rings. The van der Waals surface area contributed by atoms with Crippen LogP contribution in [-0.4, -0.2) is 42.0 Å². The molecule has 0 saturated carbocycles. The molecule has 1 saturated heterocycles. The zero-order valence-electron chi connectivity index (χ0n) is 12.8. The van der Waals surface area contributed by atoms with Crippen molar-refractivity contribution in [1.82, 2.24) is 9.88 Å². The molecular weight excluding hydrogens is 335 g/mol. The number of benzene rings is 1. The molecule has 3 rings (SSSR count). The minimum absolute atomic E-state index is 0.221. The zero-order valence-corrected chi connectivity index (χ0v) is 13.6. The highest BCUT2D eigenvalue weighted by molar-refractivity contribution is 6.32. The number of rotatable bonds is 5. The summed E-state index contributed by atoms with van der Waals surface area (Å²) in [5.41, 5.74) is 0.985. The number of hydrogen-bond donors (Lipinski definition) is 0. The molecule has 0 N–H and O–H groups in total. The summed E-state index contributed by atoms with van der Waals surface area (Å²) >= 11 is 5.97. The van der Waals surface area contributed by atoms with Crippen LogP contribution in [0.2, 0.25) is 5.02 Å². The molecule has 24 heavy (non-hydrogen) atoms. The van der Waals surface area contributed by atoms with Crippen LogP contribution in [0.3, 0.4) is 0 Å². The summed E-state index contributed by atoms with van der Waals surface area (Å²) in [7, 11) is 0. The fourth-order valence-corrected chi connectivity index (χ4v) is 2.60. The summed E-state index contributed by atoms with van der Waals surface area (Å²) in [5, 5.41) is 0.315. The second kappa shape index (κ2) is 7.70. The topological polar surface area (TPSA) is 51.7 Å². The molecule has 0 spiro atoms. The molecule has 0 amide bonds. The predicted molar refractivity (Wildman–Crippen MR) is 86.8 cm³/mol. The quantitative estimate of drug-likeness (QED) is 0.776. The van der Waals surface area contributed by atoms with Crippen molar-refractivity contribution >= 4 is 17.9 Å². The molecule has 1 aromatic carbocycles. The van der Waals surface area contributed by atoms with E-state index in [0.717, 1.165) is 18.4 Å². The Morgan fingerprint density at radius 2 is 2.29 bits per heavy atom. The number of carbonyl (C=O) groups excluding carboxylic acids is 1. The van der Waals surface area contributed by atoms with Crippen LogP contribution < -0.4 is 4.74 Å². The van der Waals surface area contributed by atoms with Gasteiger partial charge in [0.25, 0.3) is 0 Å². The van der Waals surface area contributed by atoms with E-state index >= 15 is 0 Å². The lowest BCUT2D eigenvalue weighted by molar-refractivity contribution is -0.123. The molecule has 1 aromatic heterocycles. The Balaban J connectivity index is 1.63. The summed E-state index contributed by atoms with van der Waals surface area (Å²) in [5.74, 6) is 0.126. The van der Waals surface area contributed by atoms with E-state index in [4.69, 9.17) is 21.1 Å². The summed E-state index contributed by atoms with van der Waals surface area (Å²) in [4.78, 5) is 17.2. The van der Waals surface area contributed by atoms with Gasteiger partial charge in [-0.3, -0.25) is 4.90 Å². The number of ether oxygens (including phenoxy) is 2. The molecule has 2 heterocycles. The maximum atomic E-state index is 13.2. The van der Waals surface area contributed by atoms with E-state index in [-0.39, 0.29) is 11.9 Å². The number of pyridine rings is 1. The fourth-order valence-electron chi connectivity index (χ4n) is 2.45. The van der Waals surface area contributed by atoms with Crippen LogP contribution in [0.4, 0.5) is 4.39 Å². The number of aldehydes is 1. The zero-order chi connectivity index (χ0) is 16.9. The van der Waals surface area contributed by atoms with Crippen LogP contribution in [-0.2, 0) is 16.1 Å². The molecule has 0 bridgehead atoms. The molecule has 1 unspecified atom stereocenters. The number of nitrogens with zero attached hydrogens (tertiary/aromatic N) is 2. The molecule has 0 aliphatic carbocycles. The van der Waals surface area contributed by atoms with Gasteiger partial charge >= 0.3 is 0 Å². The second-order valence-corrected chi connectivity index (χ2v) is 5.87. The fraction of sp³-hybridized carbons (Fsp3) is 0.294. The van der Waals surface area contributed by atoms with Gasteiger partial charge in [-0.2, -0.15) is 0 Å². The molecule has 1 atom stereocenters. The van der Waals surface area contributed by atoms with Crippen LogP contribution in [0.25, 0.3) is 0 Å². The van der Waals surface area contributed by atoms with Gasteiger partial charge in [-0.25, -0.2) is 9.37 Å². The Bertz CT molecular complexity index is 711. The summed E-state index contributed by atoms with van der Waals surface area (Å²) < 4.78 is 24.1. The SMILES string of the molecule is O=CC1CN(Cc2ccc(Oc3cc(F)ccc3Cl)nc2)CCO1. The molecule has 5 nitrogen and oxygen atoms in total. The molecule has 2 aromatic rings. The number of carbonyl (C=O) groups is 1. The Morgan fingerprint density at radius 3 is 3.04 bits per heavy atom. The van der Waals surface area contributed by atoms with E-state index in [0.29, 0.717) is 30.6 Å². The first-order chi connectivity index (χ1) is 11.6. The van der Waals surface area contributed by atoms with E-state index in [2.05, 4.69) is 9.88 Å². The molecule has 1 aliphatic rings. The van der Waals surface area contributed by atoms with Crippen molar-refractivity contribution in [1.29, 1.82) is 0 Å². The van der Waals surface area contributed by atoms with E-state index in [1.807, 2.05) is 6.07 Å². The van der Waals surface area contributed by atoms with Gasteiger partial charge in [0, 0.05) is 38.0 Å². The van der Waals surface area contributed by atoms with Crippen molar-refractivity contribution in [2.75, 3.05) is 19.7 Å². The average Bonchev–Trinajstić information content (AvgIpc) is 2.60. The summed E-state index contributed by atoms with van der Waals surface area (Å²) in [6, 6.07) is 7.49. The normalized spacial score (nSPS) is 18.3. The van der Waals surface area contributed by atoms with Gasteiger partial charge in [0.1, 0.15) is 18.2 Å². The van der Waals surface area contributed by atoms with Crippen LogP contribution in [0.5, 0.6) is 11.6 Å². The Labute approximate surface area is 144 Å². The van der Waals surface area contributed by atoms with Crippen LogP contribution >= 0.6 is 11.6 Å². The number of aromatic nitrogens is 1. The third-order valence-electron chi connectivity index (χ3n) is 3.64. The predicted octanol–water partition coefficient (Wildman–Crippen LogP) is 3.07. The van der Waals surface area contributed by atoms with E-state index < -0.39 is 5.82 Å². The second-order valence-electron chi connectivity index (χ2n) is 5.46. The maximum Gasteiger partial charge on any atom is 0.219 e. The van der Waals surface area contributed by atoms with E-state index in [1.54, 1.807) is 12.3 Å². The van der Waals surface area contributed by atoms with Gasteiger partial charge in [0.2, 0.25) is 5.88 Å². The third-order valence-corrected chi connectivity index (χ3v) is 3.95. The highest BCUT2D eigenvalue weighted by Gasteiger charge is 2.19. The summed E-state index contributed by atoms with van der Waals surface area (Å²) in [6.07, 6.45) is 2.14. The van der Waals surface area contributed by atoms with Gasteiger partial charge < -0.3 is 14.3 Å².